The Morgan fingerprint density at radius 3 is 2.62 bits per heavy atom. The molecule has 160 valence electrons. The zero-order valence-electron chi connectivity index (χ0n) is 17.6. The Bertz CT molecular complexity index is 1390. The topological polar surface area (TPSA) is 103 Å². The number of thiophene rings is 1. The number of nitrogens with one attached hydrogen (secondary N) is 2. The van der Waals surface area contributed by atoms with Gasteiger partial charge in [0.1, 0.15) is 11.1 Å². The molecule has 2 unspecified atom stereocenters. The summed E-state index contributed by atoms with van der Waals surface area (Å²) in [5, 5.41) is 30.9. The van der Waals surface area contributed by atoms with Crippen molar-refractivity contribution in [3.8, 4) is 28.9 Å². The van der Waals surface area contributed by atoms with Crippen molar-refractivity contribution in [2.24, 2.45) is 5.92 Å². The smallest absolute Gasteiger partial charge is 0.244 e. The maximum Gasteiger partial charge on any atom is 0.244 e. The first-order valence-electron chi connectivity index (χ1n) is 10.0. The Kier molecular flexibility index (Phi) is 4.88. The Balaban J connectivity index is 1.76. The number of para-hydroxylation sites is 1. The van der Waals surface area contributed by atoms with Crippen LogP contribution in [0.1, 0.15) is 32.5 Å². The number of H-pyrrole nitrogens is 1. The monoisotopic (exact) mass is 462 g/mol. The first kappa shape index (κ1) is 20.5. The highest BCUT2D eigenvalue weighted by Gasteiger charge is 2.43. The fourth-order valence-corrected chi connectivity index (χ4v) is 5.64. The zero-order chi connectivity index (χ0) is 22.6. The van der Waals surface area contributed by atoms with Gasteiger partial charge in [-0.3, -0.25) is 10.5 Å². The summed E-state index contributed by atoms with van der Waals surface area (Å²) < 4.78 is 7.32. The summed E-state index contributed by atoms with van der Waals surface area (Å²) in [6.07, 6.45) is 0. The van der Waals surface area contributed by atoms with Crippen molar-refractivity contribution < 1.29 is 4.74 Å². The molecule has 32 heavy (non-hydrogen) atoms. The van der Waals surface area contributed by atoms with Gasteiger partial charge in [-0.25, -0.2) is 4.68 Å². The quantitative estimate of drug-likeness (QED) is 0.416. The van der Waals surface area contributed by atoms with E-state index in [9.17, 15) is 5.26 Å². The van der Waals surface area contributed by atoms with Crippen molar-refractivity contribution in [2.75, 3.05) is 0 Å². The number of aryl methyl sites for hydroxylation is 3. The molecule has 0 radical (unpaired) electrons. The van der Waals surface area contributed by atoms with E-state index in [1.165, 1.54) is 4.88 Å². The highest BCUT2D eigenvalue weighted by Crippen LogP contribution is 2.49. The average Bonchev–Trinajstić information content (AvgIpc) is 3.42. The molecule has 9 heteroatoms. The van der Waals surface area contributed by atoms with Crippen molar-refractivity contribution in [1.29, 1.82) is 10.7 Å². The number of nitriles is 1. The third-order valence-electron chi connectivity index (χ3n) is 5.71. The average molecular weight is 463 g/mol. The van der Waals surface area contributed by atoms with Crippen LogP contribution in [-0.2, 0) is 0 Å². The summed E-state index contributed by atoms with van der Waals surface area (Å²) in [7, 11) is 0. The van der Waals surface area contributed by atoms with Gasteiger partial charge < -0.3 is 4.74 Å². The van der Waals surface area contributed by atoms with Crippen LogP contribution in [0.4, 0.5) is 0 Å². The van der Waals surface area contributed by atoms with E-state index in [0.29, 0.717) is 22.3 Å². The number of rotatable bonds is 3. The van der Waals surface area contributed by atoms with E-state index >= 15 is 0 Å². The molecule has 1 aromatic carbocycles. The normalized spacial score (nSPS) is 17.7. The summed E-state index contributed by atoms with van der Waals surface area (Å²) in [6, 6.07) is 13.9. The fraction of sp³-hybridized carbons (Fsp3) is 0.217. The molecule has 0 spiro atoms. The first-order chi connectivity index (χ1) is 15.4. The Morgan fingerprint density at radius 1 is 1.22 bits per heavy atom. The van der Waals surface area contributed by atoms with Crippen molar-refractivity contribution in [2.45, 2.75) is 26.7 Å². The van der Waals surface area contributed by atoms with Gasteiger partial charge in [-0.2, -0.15) is 10.4 Å². The second-order valence-corrected chi connectivity index (χ2v) is 9.55. The standard InChI is InChI=1S/C23H19ClN6OS/c1-11-9-15(13(3)32-11)20-19-18(16(10-25)22(26)31-23(19)28-27-20)17-12(2)29-30(21(17)24)14-7-5-4-6-8-14/h4-9,16,18,26H,1-3H3,(H,27,28). The Hall–Kier alpha value is -3.41. The minimum atomic E-state index is -0.858. The molecular weight excluding hydrogens is 444 g/mol. The van der Waals surface area contributed by atoms with Gasteiger partial charge in [-0.1, -0.05) is 29.8 Å². The van der Waals surface area contributed by atoms with Crippen molar-refractivity contribution in [1.82, 2.24) is 20.0 Å². The molecule has 4 heterocycles. The lowest BCUT2D eigenvalue weighted by Crippen LogP contribution is -2.31. The minimum Gasteiger partial charge on any atom is -0.422 e. The summed E-state index contributed by atoms with van der Waals surface area (Å²) in [5.41, 5.74) is 4.72. The molecule has 1 aliphatic heterocycles. The van der Waals surface area contributed by atoms with Crippen LogP contribution in [0.2, 0.25) is 5.15 Å². The molecule has 5 rings (SSSR count). The molecule has 0 bridgehead atoms. The van der Waals surface area contributed by atoms with Crippen LogP contribution in [-0.4, -0.2) is 25.9 Å². The fourth-order valence-electron chi connectivity index (χ4n) is 4.32. The molecule has 3 aromatic heterocycles. The van der Waals surface area contributed by atoms with Crippen LogP contribution < -0.4 is 4.74 Å². The van der Waals surface area contributed by atoms with Gasteiger partial charge in [-0.05, 0) is 39.0 Å². The third kappa shape index (κ3) is 3.05. The molecule has 2 atom stereocenters. The van der Waals surface area contributed by atoms with E-state index in [1.54, 1.807) is 16.0 Å². The van der Waals surface area contributed by atoms with Gasteiger partial charge in [-0.15, -0.1) is 16.4 Å². The van der Waals surface area contributed by atoms with Gasteiger partial charge in [0.25, 0.3) is 0 Å². The minimum absolute atomic E-state index is 0.149. The summed E-state index contributed by atoms with van der Waals surface area (Å²) in [6.45, 7) is 5.97. The van der Waals surface area contributed by atoms with Crippen LogP contribution in [0, 0.1) is 43.4 Å². The van der Waals surface area contributed by atoms with Crippen LogP contribution in [0.5, 0.6) is 5.88 Å². The molecule has 0 saturated carbocycles. The number of hydrogen-bond donors (Lipinski definition) is 2. The molecule has 4 aromatic rings. The van der Waals surface area contributed by atoms with Crippen LogP contribution in [0.15, 0.2) is 36.4 Å². The van der Waals surface area contributed by atoms with Crippen LogP contribution in [0.3, 0.4) is 0 Å². The number of halogens is 1. The Labute approximate surface area is 193 Å². The molecule has 7 nitrogen and oxygen atoms in total. The lowest BCUT2D eigenvalue weighted by Gasteiger charge is -2.28. The number of ether oxygens (including phenoxy) is 1. The van der Waals surface area contributed by atoms with Crippen LogP contribution >= 0.6 is 22.9 Å². The maximum atomic E-state index is 10.0. The van der Waals surface area contributed by atoms with E-state index < -0.39 is 11.8 Å². The lowest BCUT2D eigenvalue weighted by molar-refractivity contribution is 0.437. The zero-order valence-corrected chi connectivity index (χ0v) is 19.2. The van der Waals surface area contributed by atoms with E-state index in [0.717, 1.165) is 27.4 Å². The van der Waals surface area contributed by atoms with E-state index in [2.05, 4.69) is 41.3 Å². The maximum absolute atomic E-state index is 10.0. The second-order valence-electron chi connectivity index (χ2n) is 7.73. The number of aromatic amines is 1. The van der Waals surface area contributed by atoms with Crippen molar-refractivity contribution >= 4 is 28.8 Å². The van der Waals surface area contributed by atoms with E-state index in [4.69, 9.17) is 21.7 Å². The second kappa shape index (κ2) is 7.62. The molecule has 0 aliphatic carbocycles. The highest BCUT2D eigenvalue weighted by molar-refractivity contribution is 7.12. The predicted molar refractivity (Wildman–Crippen MR) is 124 cm³/mol. The molecule has 2 N–H and O–H groups in total. The number of hydrogen-bond acceptors (Lipinski definition) is 6. The van der Waals surface area contributed by atoms with E-state index in [1.807, 2.05) is 37.3 Å². The van der Waals surface area contributed by atoms with Crippen LogP contribution in [0.25, 0.3) is 16.9 Å². The molecule has 1 aliphatic rings. The number of fused-ring (bicyclic) bond motifs is 1. The van der Waals surface area contributed by atoms with E-state index in [-0.39, 0.29) is 5.90 Å². The molecule has 0 amide bonds. The molecule has 0 saturated heterocycles. The largest absolute Gasteiger partial charge is 0.422 e. The number of nitrogens with zero attached hydrogens (tertiary/aromatic N) is 4. The van der Waals surface area contributed by atoms with Gasteiger partial charge in [0.05, 0.1) is 28.7 Å². The third-order valence-corrected chi connectivity index (χ3v) is 7.04. The van der Waals surface area contributed by atoms with Gasteiger partial charge >= 0.3 is 0 Å². The highest BCUT2D eigenvalue weighted by atomic mass is 35.5. The van der Waals surface area contributed by atoms with Gasteiger partial charge in [0.15, 0.2) is 0 Å². The van der Waals surface area contributed by atoms with Crippen molar-refractivity contribution in [3.05, 3.63) is 68.1 Å². The first-order valence-corrected chi connectivity index (χ1v) is 11.2. The van der Waals surface area contributed by atoms with Gasteiger partial charge in [0, 0.05) is 26.8 Å². The number of aromatic nitrogens is 4. The predicted octanol–water partition coefficient (Wildman–Crippen LogP) is 5.54. The summed E-state index contributed by atoms with van der Waals surface area (Å²) in [5.74, 6) is -1.25. The van der Waals surface area contributed by atoms with Crippen molar-refractivity contribution in [3.63, 3.8) is 0 Å². The summed E-state index contributed by atoms with van der Waals surface area (Å²) >= 11 is 8.58. The number of benzene rings is 1. The summed E-state index contributed by atoms with van der Waals surface area (Å²) in [4.78, 5) is 2.30. The molecular formula is C23H19ClN6OS. The molecule has 0 fully saturated rings. The SMILES string of the molecule is Cc1cc(-c2[nH]nc3c2C(c2c(C)nn(-c4ccccc4)c2Cl)C(C#N)C(=N)O3)c(C)s1. The van der Waals surface area contributed by atoms with Gasteiger partial charge in [0.2, 0.25) is 11.8 Å². The Morgan fingerprint density at radius 2 is 1.97 bits per heavy atom. The lowest BCUT2D eigenvalue weighted by atomic mass is 9.79.